The summed E-state index contributed by atoms with van der Waals surface area (Å²) in [6, 6.07) is 0. The summed E-state index contributed by atoms with van der Waals surface area (Å²) in [5.41, 5.74) is 0. The van der Waals surface area contributed by atoms with Crippen LogP contribution < -0.4 is 0 Å². The minimum atomic E-state index is -0.782. The van der Waals surface area contributed by atoms with Crippen molar-refractivity contribution in [1.82, 2.24) is 0 Å². The minimum Gasteiger partial charge on any atom is -0.462 e. The fraction of sp³-hybridized carbons (Fsp3) is 0.750. The van der Waals surface area contributed by atoms with Crippen LogP contribution in [0.1, 0.15) is 310 Å². The molecule has 0 spiro atoms. The molecular weight excluding hydrogens is 913 g/mol. The first-order valence-corrected chi connectivity index (χ1v) is 31.6. The molecule has 0 saturated carbocycles. The van der Waals surface area contributed by atoms with Gasteiger partial charge in [0, 0.05) is 19.3 Å². The van der Waals surface area contributed by atoms with Gasteiger partial charge in [0.05, 0.1) is 0 Å². The highest BCUT2D eigenvalue weighted by atomic mass is 16.6. The molecule has 0 saturated heterocycles. The van der Waals surface area contributed by atoms with E-state index in [-0.39, 0.29) is 31.1 Å². The fourth-order valence-electron chi connectivity index (χ4n) is 8.90. The molecule has 6 nitrogen and oxygen atoms in total. The van der Waals surface area contributed by atoms with Crippen molar-refractivity contribution in [2.24, 2.45) is 0 Å². The van der Waals surface area contributed by atoms with E-state index in [9.17, 15) is 14.4 Å². The molecule has 0 aliphatic rings. The molecule has 0 aliphatic heterocycles. The Bertz CT molecular complexity index is 1420. The summed E-state index contributed by atoms with van der Waals surface area (Å²) in [6.45, 7) is 6.51. The van der Waals surface area contributed by atoms with Gasteiger partial charge in [-0.25, -0.2) is 0 Å². The summed E-state index contributed by atoms with van der Waals surface area (Å²) in [5.74, 6) is -0.885. The van der Waals surface area contributed by atoms with Crippen molar-refractivity contribution in [2.75, 3.05) is 13.2 Å². The lowest BCUT2D eigenvalue weighted by atomic mass is 10.0. The predicted molar refractivity (Wildman–Crippen MR) is 321 cm³/mol. The van der Waals surface area contributed by atoms with Gasteiger partial charge in [-0.3, -0.25) is 14.4 Å². The van der Waals surface area contributed by atoms with Gasteiger partial charge >= 0.3 is 17.9 Å². The van der Waals surface area contributed by atoms with Crippen LogP contribution in [0, 0.1) is 0 Å². The lowest BCUT2D eigenvalue weighted by molar-refractivity contribution is -0.167. The number of ether oxygens (including phenoxy) is 3. The van der Waals surface area contributed by atoms with Crippen molar-refractivity contribution in [3.05, 3.63) is 85.1 Å². The van der Waals surface area contributed by atoms with E-state index in [0.717, 1.165) is 109 Å². The van der Waals surface area contributed by atoms with Crippen LogP contribution in [0.3, 0.4) is 0 Å². The second-order valence-electron chi connectivity index (χ2n) is 20.9. The molecule has 0 heterocycles. The molecule has 0 rings (SSSR count). The highest BCUT2D eigenvalue weighted by Crippen LogP contribution is 2.17. The first kappa shape index (κ1) is 70.6. The van der Waals surface area contributed by atoms with Crippen LogP contribution in [0.4, 0.5) is 0 Å². The Morgan fingerprint density at radius 3 is 0.878 bits per heavy atom. The Morgan fingerprint density at radius 2 is 0.541 bits per heavy atom. The smallest absolute Gasteiger partial charge is 0.306 e. The van der Waals surface area contributed by atoms with Gasteiger partial charge in [0.2, 0.25) is 0 Å². The molecule has 0 aromatic rings. The van der Waals surface area contributed by atoms with Crippen LogP contribution in [0.2, 0.25) is 0 Å². The summed E-state index contributed by atoms with van der Waals surface area (Å²) in [4.78, 5) is 38.2. The Kier molecular flexibility index (Phi) is 59.3. The number of carbonyl (C=O) groups is 3. The molecule has 0 aromatic carbocycles. The van der Waals surface area contributed by atoms with Crippen molar-refractivity contribution in [2.45, 2.75) is 316 Å². The number of carbonyl (C=O) groups excluding carboxylic acids is 3. The van der Waals surface area contributed by atoms with Gasteiger partial charge in [-0.2, -0.15) is 0 Å². The van der Waals surface area contributed by atoms with Crippen LogP contribution in [0.5, 0.6) is 0 Å². The van der Waals surface area contributed by atoms with Crippen molar-refractivity contribution < 1.29 is 28.6 Å². The lowest BCUT2D eigenvalue weighted by Crippen LogP contribution is -2.30. The molecule has 0 bridgehead atoms. The number of allylic oxidation sites excluding steroid dienone is 14. The Balaban J connectivity index is 4.28. The van der Waals surface area contributed by atoms with Crippen LogP contribution >= 0.6 is 0 Å². The summed E-state index contributed by atoms with van der Waals surface area (Å²) in [7, 11) is 0. The maximum atomic E-state index is 12.9. The summed E-state index contributed by atoms with van der Waals surface area (Å²) in [6.07, 6.45) is 81.6. The number of esters is 3. The van der Waals surface area contributed by atoms with Crippen molar-refractivity contribution in [3.8, 4) is 0 Å². The maximum absolute atomic E-state index is 12.9. The third-order valence-corrected chi connectivity index (χ3v) is 13.6. The molecule has 1 atom stereocenters. The Hall–Kier alpha value is -3.41. The van der Waals surface area contributed by atoms with Gasteiger partial charge in [-0.1, -0.05) is 286 Å². The average molecular weight is 1030 g/mol. The van der Waals surface area contributed by atoms with E-state index in [1.54, 1.807) is 0 Å². The second kappa shape index (κ2) is 62.1. The molecule has 0 aromatic heterocycles. The third-order valence-electron chi connectivity index (χ3n) is 13.6. The van der Waals surface area contributed by atoms with Gasteiger partial charge in [0.1, 0.15) is 13.2 Å². The van der Waals surface area contributed by atoms with Gasteiger partial charge in [-0.05, 0) is 89.9 Å². The van der Waals surface area contributed by atoms with Crippen LogP contribution in [0.25, 0.3) is 0 Å². The summed E-state index contributed by atoms with van der Waals surface area (Å²) in [5, 5.41) is 0. The molecule has 74 heavy (non-hydrogen) atoms. The SMILES string of the molecule is CC/C=C\C/C=C\C/C=C\C/C=C\C/C=C\C/C=C\CCCCCCCCCCC(=O)OCC(COC(=O)CCCCCCC/C=C\CCCC)OC(=O)CCCCCCCCCCCCCCCCCCCC. The first-order valence-electron chi connectivity index (χ1n) is 31.6. The van der Waals surface area contributed by atoms with Crippen LogP contribution in [-0.2, 0) is 28.6 Å². The first-order chi connectivity index (χ1) is 36.5. The lowest BCUT2D eigenvalue weighted by Gasteiger charge is -2.18. The standard InChI is InChI=1S/C68H118O6/c1-4-7-10-13-16-19-22-24-26-28-30-31-32-33-34-35-36-37-38-40-41-43-46-49-52-55-58-61-67(70)73-64-65(63-72-66(69)60-57-54-51-48-45-21-18-15-12-9-6-3)74-68(71)62-59-56-53-50-47-44-42-39-29-27-25-23-20-17-14-11-8-5-2/h7,10,15-16,18-19,24,26,30-31,33-34,36-37,65H,4-6,8-9,11-14,17,20-23,25,27-29,32,35,38-64H2,1-3H3/b10-7-,18-15-,19-16-,26-24-,31-30-,34-33-,37-36-. The maximum Gasteiger partial charge on any atom is 0.306 e. The van der Waals surface area contributed by atoms with Gasteiger partial charge in [0.15, 0.2) is 6.10 Å². The third kappa shape index (κ3) is 59.5. The molecule has 1 unspecified atom stereocenters. The van der Waals surface area contributed by atoms with E-state index >= 15 is 0 Å². The topological polar surface area (TPSA) is 78.9 Å². The van der Waals surface area contributed by atoms with E-state index in [1.807, 2.05) is 0 Å². The fourth-order valence-corrected chi connectivity index (χ4v) is 8.90. The zero-order valence-electron chi connectivity index (χ0n) is 48.8. The molecular formula is C68H118O6. The molecule has 0 amide bonds. The summed E-state index contributed by atoms with van der Waals surface area (Å²) < 4.78 is 16.9. The van der Waals surface area contributed by atoms with E-state index in [2.05, 4.69) is 106 Å². The van der Waals surface area contributed by atoms with E-state index in [1.165, 1.54) is 161 Å². The highest BCUT2D eigenvalue weighted by molar-refractivity contribution is 5.71. The molecule has 0 radical (unpaired) electrons. The quantitative estimate of drug-likeness (QED) is 0.0261. The zero-order valence-corrected chi connectivity index (χ0v) is 48.8. The molecule has 0 fully saturated rings. The van der Waals surface area contributed by atoms with Crippen molar-refractivity contribution in [1.29, 1.82) is 0 Å². The minimum absolute atomic E-state index is 0.0806. The number of unbranched alkanes of at least 4 members (excludes halogenated alkanes) is 32. The number of hydrogen-bond acceptors (Lipinski definition) is 6. The molecule has 426 valence electrons. The number of rotatable bonds is 57. The highest BCUT2D eigenvalue weighted by Gasteiger charge is 2.19. The van der Waals surface area contributed by atoms with Gasteiger partial charge in [0.25, 0.3) is 0 Å². The largest absolute Gasteiger partial charge is 0.462 e. The second-order valence-corrected chi connectivity index (χ2v) is 20.9. The predicted octanol–water partition coefficient (Wildman–Crippen LogP) is 21.5. The van der Waals surface area contributed by atoms with Crippen LogP contribution in [-0.4, -0.2) is 37.2 Å². The Labute approximate surface area is 458 Å². The van der Waals surface area contributed by atoms with Crippen molar-refractivity contribution >= 4 is 17.9 Å². The normalized spacial score (nSPS) is 12.6. The van der Waals surface area contributed by atoms with Gasteiger partial charge < -0.3 is 14.2 Å². The monoisotopic (exact) mass is 1030 g/mol. The van der Waals surface area contributed by atoms with E-state index in [0.29, 0.717) is 19.3 Å². The van der Waals surface area contributed by atoms with Crippen molar-refractivity contribution in [3.63, 3.8) is 0 Å². The number of hydrogen-bond donors (Lipinski definition) is 0. The van der Waals surface area contributed by atoms with E-state index in [4.69, 9.17) is 14.2 Å². The summed E-state index contributed by atoms with van der Waals surface area (Å²) >= 11 is 0. The van der Waals surface area contributed by atoms with Crippen LogP contribution in [0.15, 0.2) is 85.1 Å². The van der Waals surface area contributed by atoms with Gasteiger partial charge in [-0.15, -0.1) is 0 Å². The Morgan fingerprint density at radius 1 is 0.284 bits per heavy atom. The zero-order chi connectivity index (χ0) is 53.6. The molecule has 0 N–H and O–H groups in total. The molecule has 0 aliphatic carbocycles. The van der Waals surface area contributed by atoms with E-state index < -0.39 is 6.10 Å². The average Bonchev–Trinajstić information content (AvgIpc) is 3.40. The molecule has 6 heteroatoms.